The third-order valence-electron chi connectivity index (χ3n) is 3.31. The van der Waals surface area contributed by atoms with E-state index >= 15 is 0 Å². The Labute approximate surface area is 124 Å². The van der Waals surface area contributed by atoms with Gasteiger partial charge in [0.1, 0.15) is 4.99 Å². The molecular formula is C14H19N3O2S. The second kappa shape index (κ2) is 6.67. The van der Waals surface area contributed by atoms with Gasteiger partial charge >= 0.3 is 0 Å². The summed E-state index contributed by atoms with van der Waals surface area (Å²) in [6.45, 7) is 2.90. The first-order valence-corrected chi connectivity index (χ1v) is 6.95. The van der Waals surface area contributed by atoms with E-state index in [1.165, 1.54) is 0 Å². The third-order valence-corrected chi connectivity index (χ3v) is 3.54. The lowest BCUT2D eigenvalue weighted by molar-refractivity contribution is -0.133. The zero-order chi connectivity index (χ0) is 14.5. The van der Waals surface area contributed by atoms with E-state index in [2.05, 4.69) is 0 Å². The minimum atomic E-state index is 0.108. The maximum Gasteiger partial charge on any atom is 0.242 e. The van der Waals surface area contributed by atoms with Crippen molar-refractivity contribution >= 4 is 28.8 Å². The van der Waals surface area contributed by atoms with E-state index in [9.17, 15) is 4.79 Å². The predicted octanol–water partition coefficient (Wildman–Crippen LogP) is 0.616. The molecule has 0 saturated carbocycles. The van der Waals surface area contributed by atoms with Crippen molar-refractivity contribution in [3.05, 3.63) is 29.8 Å². The largest absolute Gasteiger partial charge is 0.389 e. The van der Waals surface area contributed by atoms with Crippen LogP contribution < -0.4 is 10.6 Å². The topological polar surface area (TPSA) is 58.8 Å². The predicted molar refractivity (Wildman–Crippen MR) is 83.0 cm³/mol. The van der Waals surface area contributed by atoms with Gasteiger partial charge < -0.3 is 20.3 Å². The van der Waals surface area contributed by atoms with Crippen LogP contribution in [0.4, 0.5) is 5.69 Å². The van der Waals surface area contributed by atoms with Gasteiger partial charge in [-0.2, -0.15) is 0 Å². The number of anilines is 1. The Morgan fingerprint density at radius 3 is 2.80 bits per heavy atom. The molecule has 1 aromatic carbocycles. The van der Waals surface area contributed by atoms with Gasteiger partial charge in [0.15, 0.2) is 0 Å². The monoisotopic (exact) mass is 293 g/mol. The van der Waals surface area contributed by atoms with Gasteiger partial charge in [-0.15, -0.1) is 0 Å². The Hall–Kier alpha value is -1.66. The van der Waals surface area contributed by atoms with Crippen molar-refractivity contribution < 1.29 is 9.53 Å². The van der Waals surface area contributed by atoms with Crippen molar-refractivity contribution in [3.8, 4) is 0 Å². The third kappa shape index (κ3) is 3.68. The summed E-state index contributed by atoms with van der Waals surface area (Å²) >= 11 is 4.97. The highest BCUT2D eigenvalue weighted by Gasteiger charge is 2.18. The first kappa shape index (κ1) is 14.7. The molecule has 20 heavy (non-hydrogen) atoms. The quantitative estimate of drug-likeness (QED) is 0.825. The van der Waals surface area contributed by atoms with E-state index in [1.54, 1.807) is 0 Å². The molecule has 108 valence electrons. The fourth-order valence-electron chi connectivity index (χ4n) is 2.10. The Balaban J connectivity index is 2.00. The van der Waals surface area contributed by atoms with Crippen molar-refractivity contribution in [3.63, 3.8) is 0 Å². The number of thiocarbonyl (C=S) groups is 1. The molecule has 1 fully saturated rings. The number of benzene rings is 1. The lowest BCUT2D eigenvalue weighted by atomic mass is 10.2. The number of nitrogens with two attached hydrogens (primary N) is 1. The zero-order valence-corrected chi connectivity index (χ0v) is 12.4. The molecule has 5 nitrogen and oxygen atoms in total. The van der Waals surface area contributed by atoms with E-state index in [0.29, 0.717) is 37.8 Å². The van der Waals surface area contributed by atoms with E-state index in [-0.39, 0.29) is 5.91 Å². The molecule has 0 aromatic heterocycles. The van der Waals surface area contributed by atoms with Gasteiger partial charge in [0.2, 0.25) is 5.91 Å². The normalized spacial score (nSPS) is 14.9. The molecule has 1 aromatic rings. The van der Waals surface area contributed by atoms with E-state index in [1.807, 2.05) is 41.1 Å². The summed E-state index contributed by atoms with van der Waals surface area (Å²) in [6, 6.07) is 7.59. The Morgan fingerprint density at radius 2 is 2.15 bits per heavy atom. The Morgan fingerprint density at radius 1 is 1.45 bits per heavy atom. The van der Waals surface area contributed by atoms with E-state index in [4.69, 9.17) is 22.7 Å². The number of hydrogen-bond acceptors (Lipinski definition) is 4. The van der Waals surface area contributed by atoms with Crippen LogP contribution in [0.2, 0.25) is 0 Å². The maximum atomic E-state index is 12.2. The molecule has 1 aliphatic rings. The van der Waals surface area contributed by atoms with Gasteiger partial charge in [0, 0.05) is 31.4 Å². The number of ether oxygens (including phenoxy) is 1. The molecule has 0 spiro atoms. The number of morpholine rings is 1. The first-order valence-electron chi connectivity index (χ1n) is 6.54. The van der Waals surface area contributed by atoms with Gasteiger partial charge in [-0.25, -0.2) is 0 Å². The minimum Gasteiger partial charge on any atom is -0.389 e. The molecule has 2 rings (SSSR count). The summed E-state index contributed by atoms with van der Waals surface area (Å²) in [4.78, 5) is 16.3. The summed E-state index contributed by atoms with van der Waals surface area (Å²) in [5, 5.41) is 0. The van der Waals surface area contributed by atoms with Gasteiger partial charge in [-0.05, 0) is 12.1 Å². The standard InChI is InChI=1S/C14H19N3O2S/c1-16(10-13(18)17-5-7-19-8-6-17)12-4-2-3-11(9-12)14(15)20/h2-4,9H,5-8,10H2,1H3,(H2,15,20). The molecule has 0 bridgehead atoms. The van der Waals surface area contributed by atoms with E-state index in [0.717, 1.165) is 11.3 Å². The van der Waals surface area contributed by atoms with Gasteiger partial charge in [-0.1, -0.05) is 24.4 Å². The van der Waals surface area contributed by atoms with Crippen LogP contribution in [0.15, 0.2) is 24.3 Å². The van der Waals surface area contributed by atoms with Crippen molar-refractivity contribution in [1.82, 2.24) is 4.90 Å². The molecule has 1 amide bonds. The molecule has 1 heterocycles. The molecule has 1 aliphatic heterocycles. The van der Waals surface area contributed by atoms with Crippen LogP contribution in [0.1, 0.15) is 5.56 Å². The van der Waals surface area contributed by atoms with Crippen molar-refractivity contribution in [2.75, 3.05) is 44.8 Å². The Bertz CT molecular complexity index is 501. The Kier molecular flexibility index (Phi) is 4.92. The van der Waals surface area contributed by atoms with Gasteiger partial charge in [-0.3, -0.25) is 4.79 Å². The number of carbonyl (C=O) groups excluding carboxylic acids is 1. The molecule has 0 atom stereocenters. The van der Waals surface area contributed by atoms with Crippen molar-refractivity contribution in [2.45, 2.75) is 0 Å². The molecule has 0 aliphatic carbocycles. The average molecular weight is 293 g/mol. The lowest BCUT2D eigenvalue weighted by Gasteiger charge is -2.29. The van der Waals surface area contributed by atoms with Crippen LogP contribution in [0.5, 0.6) is 0 Å². The number of nitrogens with zero attached hydrogens (tertiary/aromatic N) is 2. The second-order valence-corrected chi connectivity index (χ2v) is 5.20. The van der Waals surface area contributed by atoms with E-state index < -0.39 is 0 Å². The number of carbonyl (C=O) groups is 1. The molecule has 0 radical (unpaired) electrons. The highest BCUT2D eigenvalue weighted by atomic mass is 32.1. The number of likely N-dealkylation sites (N-methyl/N-ethyl adjacent to an activating group) is 1. The second-order valence-electron chi connectivity index (χ2n) is 4.76. The highest BCUT2D eigenvalue weighted by molar-refractivity contribution is 7.80. The maximum absolute atomic E-state index is 12.2. The zero-order valence-electron chi connectivity index (χ0n) is 11.5. The van der Waals surface area contributed by atoms with Crippen molar-refractivity contribution in [1.29, 1.82) is 0 Å². The lowest BCUT2D eigenvalue weighted by Crippen LogP contribution is -2.45. The van der Waals surface area contributed by atoms with Crippen molar-refractivity contribution in [2.24, 2.45) is 5.73 Å². The molecule has 1 saturated heterocycles. The van der Waals surface area contributed by atoms with Crippen LogP contribution in [0.3, 0.4) is 0 Å². The fourth-order valence-corrected chi connectivity index (χ4v) is 2.23. The number of amides is 1. The van der Waals surface area contributed by atoms with Gasteiger partial charge in [0.05, 0.1) is 19.8 Å². The van der Waals surface area contributed by atoms with Gasteiger partial charge in [0.25, 0.3) is 0 Å². The number of rotatable bonds is 4. The van der Waals surface area contributed by atoms with Crippen LogP contribution in [-0.4, -0.2) is 55.7 Å². The molecule has 6 heteroatoms. The fraction of sp³-hybridized carbons (Fsp3) is 0.429. The molecule has 0 unspecified atom stereocenters. The first-order chi connectivity index (χ1) is 9.58. The van der Waals surface area contributed by atoms with Crippen LogP contribution in [0, 0.1) is 0 Å². The van der Waals surface area contributed by atoms with Crippen LogP contribution in [0.25, 0.3) is 0 Å². The molecular weight excluding hydrogens is 274 g/mol. The summed E-state index contributed by atoms with van der Waals surface area (Å²) < 4.78 is 5.25. The summed E-state index contributed by atoms with van der Waals surface area (Å²) in [5.41, 5.74) is 7.36. The van der Waals surface area contributed by atoms with Crippen LogP contribution >= 0.6 is 12.2 Å². The van der Waals surface area contributed by atoms with Crippen LogP contribution in [-0.2, 0) is 9.53 Å². The minimum absolute atomic E-state index is 0.108. The molecule has 2 N–H and O–H groups in total. The summed E-state index contributed by atoms with van der Waals surface area (Å²) in [6.07, 6.45) is 0. The smallest absolute Gasteiger partial charge is 0.242 e. The summed E-state index contributed by atoms with van der Waals surface area (Å²) in [5.74, 6) is 0.108. The average Bonchev–Trinajstić information content (AvgIpc) is 2.48. The summed E-state index contributed by atoms with van der Waals surface area (Å²) in [7, 11) is 1.89. The number of hydrogen-bond donors (Lipinski definition) is 1. The SMILES string of the molecule is CN(CC(=O)N1CCOCC1)c1cccc(C(N)=S)c1. The highest BCUT2D eigenvalue weighted by Crippen LogP contribution is 2.15.